The van der Waals surface area contributed by atoms with Gasteiger partial charge in [-0.25, -0.2) is 0 Å². The van der Waals surface area contributed by atoms with Gasteiger partial charge in [-0.1, -0.05) is 6.92 Å². The summed E-state index contributed by atoms with van der Waals surface area (Å²) in [6, 6.07) is 3.67. The van der Waals surface area contributed by atoms with Gasteiger partial charge in [-0.2, -0.15) is 0 Å². The van der Waals surface area contributed by atoms with E-state index in [9.17, 15) is 4.79 Å². The second-order valence-electron chi connectivity index (χ2n) is 3.16. The zero-order chi connectivity index (χ0) is 11.4. The van der Waals surface area contributed by atoms with Gasteiger partial charge < -0.3 is 14.3 Å². The second-order valence-corrected chi connectivity index (χ2v) is 4.02. The minimum absolute atomic E-state index is 0.152. The van der Waals surface area contributed by atoms with E-state index in [-0.39, 0.29) is 5.92 Å². The van der Waals surface area contributed by atoms with Crippen LogP contribution in [0.3, 0.4) is 0 Å². The molecule has 0 saturated carbocycles. The van der Waals surface area contributed by atoms with Crippen LogP contribution in [0.15, 0.2) is 16.6 Å². The van der Waals surface area contributed by atoms with Crippen molar-refractivity contribution in [1.29, 1.82) is 0 Å². The Morgan fingerprint density at radius 1 is 1.33 bits per heavy atom. The topological polar surface area (TPSA) is 35.5 Å². The number of carbonyl (C=O) groups excluding carboxylic acids is 1. The molecule has 1 unspecified atom stereocenters. The minimum Gasteiger partial charge on any atom is -0.493 e. The van der Waals surface area contributed by atoms with Crippen molar-refractivity contribution in [2.75, 3.05) is 14.2 Å². The predicted molar refractivity (Wildman–Crippen MR) is 61.7 cm³/mol. The van der Waals surface area contributed by atoms with Gasteiger partial charge in [0.1, 0.15) is 6.29 Å². The van der Waals surface area contributed by atoms with Crippen LogP contribution in [0.4, 0.5) is 0 Å². The highest BCUT2D eigenvalue weighted by Gasteiger charge is 2.13. The molecule has 15 heavy (non-hydrogen) atoms. The number of rotatable bonds is 4. The molecule has 0 aromatic heterocycles. The van der Waals surface area contributed by atoms with Gasteiger partial charge in [-0.3, -0.25) is 0 Å². The van der Waals surface area contributed by atoms with Crippen LogP contribution in [0, 0.1) is 0 Å². The maximum atomic E-state index is 10.7. The van der Waals surface area contributed by atoms with Crippen molar-refractivity contribution < 1.29 is 14.3 Å². The van der Waals surface area contributed by atoms with E-state index in [2.05, 4.69) is 15.9 Å². The number of ether oxygens (including phenoxy) is 2. The van der Waals surface area contributed by atoms with Crippen molar-refractivity contribution in [2.24, 2.45) is 0 Å². The zero-order valence-corrected chi connectivity index (χ0v) is 10.5. The number of carbonyl (C=O) groups is 1. The van der Waals surface area contributed by atoms with Crippen molar-refractivity contribution in [2.45, 2.75) is 12.8 Å². The molecule has 0 N–H and O–H groups in total. The Hall–Kier alpha value is -1.03. The molecule has 1 aromatic rings. The van der Waals surface area contributed by atoms with Gasteiger partial charge in [0.25, 0.3) is 0 Å². The Balaban J connectivity index is 3.25. The van der Waals surface area contributed by atoms with Crippen LogP contribution in [0.2, 0.25) is 0 Å². The lowest BCUT2D eigenvalue weighted by atomic mass is 10.0. The Kier molecular flexibility index (Phi) is 4.15. The first kappa shape index (κ1) is 12.0. The lowest BCUT2D eigenvalue weighted by molar-refractivity contribution is -0.108. The summed E-state index contributed by atoms with van der Waals surface area (Å²) in [4.78, 5) is 10.7. The molecule has 0 aliphatic rings. The Bertz CT molecular complexity index is 363. The summed E-state index contributed by atoms with van der Waals surface area (Å²) >= 11 is 3.38. The molecule has 1 rings (SSSR count). The van der Waals surface area contributed by atoms with Crippen molar-refractivity contribution in [3.63, 3.8) is 0 Å². The van der Waals surface area contributed by atoms with Gasteiger partial charge in [0.15, 0.2) is 11.5 Å². The van der Waals surface area contributed by atoms with Crippen LogP contribution in [-0.4, -0.2) is 20.5 Å². The third-order valence-corrected chi connectivity index (χ3v) is 2.77. The second kappa shape index (κ2) is 5.16. The molecule has 1 atom stereocenters. The van der Waals surface area contributed by atoms with Crippen LogP contribution >= 0.6 is 15.9 Å². The highest BCUT2D eigenvalue weighted by atomic mass is 79.9. The van der Waals surface area contributed by atoms with E-state index in [1.807, 2.05) is 19.1 Å². The molecular formula is C11H13BrO3. The molecule has 0 aliphatic carbocycles. The van der Waals surface area contributed by atoms with Crippen LogP contribution < -0.4 is 9.47 Å². The van der Waals surface area contributed by atoms with Gasteiger partial charge in [-0.15, -0.1) is 0 Å². The summed E-state index contributed by atoms with van der Waals surface area (Å²) in [7, 11) is 3.14. The third-order valence-electron chi connectivity index (χ3n) is 2.19. The molecule has 0 fully saturated rings. The molecule has 4 heteroatoms. The van der Waals surface area contributed by atoms with Gasteiger partial charge in [-0.05, 0) is 33.6 Å². The molecule has 0 aliphatic heterocycles. The predicted octanol–water partition coefficient (Wildman–Crippen LogP) is 2.77. The molecule has 0 heterocycles. The lowest BCUT2D eigenvalue weighted by Gasteiger charge is -2.13. The van der Waals surface area contributed by atoms with E-state index in [1.165, 1.54) is 0 Å². The first-order valence-electron chi connectivity index (χ1n) is 4.50. The molecular weight excluding hydrogens is 260 g/mol. The number of halogens is 1. The molecule has 0 amide bonds. The maximum Gasteiger partial charge on any atom is 0.174 e. The number of hydrogen-bond acceptors (Lipinski definition) is 3. The van der Waals surface area contributed by atoms with E-state index >= 15 is 0 Å². The molecule has 1 aromatic carbocycles. The summed E-state index contributed by atoms with van der Waals surface area (Å²) in [5.41, 5.74) is 0.898. The first-order valence-corrected chi connectivity index (χ1v) is 5.30. The molecule has 0 saturated heterocycles. The first-order chi connectivity index (χ1) is 7.13. The fourth-order valence-electron chi connectivity index (χ4n) is 1.28. The SMILES string of the molecule is COc1cc(C(C)C=O)cc(Br)c1OC. The van der Waals surface area contributed by atoms with Crippen molar-refractivity contribution in [3.05, 3.63) is 22.2 Å². The fourth-order valence-corrected chi connectivity index (χ4v) is 1.90. The highest BCUT2D eigenvalue weighted by Crippen LogP contribution is 2.37. The zero-order valence-electron chi connectivity index (χ0n) is 8.91. The Morgan fingerprint density at radius 3 is 2.47 bits per heavy atom. The van der Waals surface area contributed by atoms with Crippen molar-refractivity contribution in [1.82, 2.24) is 0 Å². The summed E-state index contributed by atoms with van der Waals surface area (Å²) in [6.45, 7) is 1.83. The standard InChI is InChI=1S/C11H13BrO3/c1-7(6-13)8-4-9(12)11(15-3)10(5-8)14-2/h4-7H,1-3H3. The quantitative estimate of drug-likeness (QED) is 0.791. The monoisotopic (exact) mass is 272 g/mol. The Labute approximate surface area is 97.5 Å². The molecule has 0 spiro atoms. The van der Waals surface area contributed by atoms with Crippen LogP contribution in [0.1, 0.15) is 18.4 Å². The number of methoxy groups -OCH3 is 2. The maximum absolute atomic E-state index is 10.7. The molecule has 3 nitrogen and oxygen atoms in total. The number of aldehydes is 1. The number of benzene rings is 1. The summed E-state index contributed by atoms with van der Waals surface area (Å²) in [6.07, 6.45) is 0.897. The van der Waals surface area contributed by atoms with E-state index in [0.717, 1.165) is 16.3 Å². The van der Waals surface area contributed by atoms with E-state index < -0.39 is 0 Å². The lowest BCUT2D eigenvalue weighted by Crippen LogP contribution is -1.98. The third kappa shape index (κ3) is 2.50. The number of hydrogen-bond donors (Lipinski definition) is 0. The van der Waals surface area contributed by atoms with E-state index in [0.29, 0.717) is 11.5 Å². The van der Waals surface area contributed by atoms with Crippen LogP contribution in [0.5, 0.6) is 11.5 Å². The van der Waals surface area contributed by atoms with Gasteiger partial charge in [0.05, 0.1) is 18.7 Å². The normalized spacial score (nSPS) is 12.0. The Morgan fingerprint density at radius 2 is 2.00 bits per heavy atom. The van der Waals surface area contributed by atoms with Crippen LogP contribution in [0.25, 0.3) is 0 Å². The molecule has 0 bridgehead atoms. The van der Waals surface area contributed by atoms with E-state index in [4.69, 9.17) is 9.47 Å². The molecule has 0 radical (unpaired) electrons. The summed E-state index contributed by atoms with van der Waals surface area (Å²) < 4.78 is 11.1. The average molecular weight is 273 g/mol. The summed E-state index contributed by atoms with van der Waals surface area (Å²) in [5, 5.41) is 0. The largest absolute Gasteiger partial charge is 0.493 e. The highest BCUT2D eigenvalue weighted by molar-refractivity contribution is 9.10. The average Bonchev–Trinajstić information content (AvgIpc) is 2.26. The van der Waals surface area contributed by atoms with Gasteiger partial charge >= 0.3 is 0 Å². The summed E-state index contributed by atoms with van der Waals surface area (Å²) in [5.74, 6) is 1.11. The van der Waals surface area contributed by atoms with Crippen molar-refractivity contribution >= 4 is 22.2 Å². The smallest absolute Gasteiger partial charge is 0.174 e. The van der Waals surface area contributed by atoms with Gasteiger partial charge in [0.2, 0.25) is 0 Å². The van der Waals surface area contributed by atoms with Gasteiger partial charge in [0, 0.05) is 5.92 Å². The fraction of sp³-hybridized carbons (Fsp3) is 0.364. The molecule has 82 valence electrons. The van der Waals surface area contributed by atoms with Crippen LogP contribution in [-0.2, 0) is 4.79 Å². The minimum atomic E-state index is -0.152. The van der Waals surface area contributed by atoms with Crippen molar-refractivity contribution in [3.8, 4) is 11.5 Å². The van der Waals surface area contributed by atoms with E-state index in [1.54, 1.807) is 14.2 Å².